The van der Waals surface area contributed by atoms with Crippen LogP contribution in [0.5, 0.6) is 5.75 Å². The highest BCUT2D eigenvalue weighted by atomic mass is 35.5. The second kappa shape index (κ2) is 6.22. The molecule has 3 N–H and O–H groups in total. The van der Waals surface area contributed by atoms with Crippen LogP contribution in [0.2, 0.25) is 5.02 Å². The maximum absolute atomic E-state index is 11.8. The van der Waals surface area contributed by atoms with Gasteiger partial charge in [-0.1, -0.05) is 54.1 Å². The number of amides is 1. The number of nitrogens with one attached hydrogen (secondary N) is 1. The highest BCUT2D eigenvalue weighted by molar-refractivity contribution is 6.32. The number of hydrogen-bond acceptors (Lipinski definition) is 3. The summed E-state index contributed by atoms with van der Waals surface area (Å²) in [5.74, 6) is 5.18. The van der Waals surface area contributed by atoms with E-state index in [1.54, 1.807) is 36.4 Å². The molecule has 4 nitrogen and oxygen atoms in total. The normalized spacial score (nSPS) is 11.7. The molecule has 0 bridgehead atoms. The third-order valence-corrected chi connectivity index (χ3v) is 2.88. The van der Waals surface area contributed by atoms with E-state index < -0.39 is 12.0 Å². The van der Waals surface area contributed by atoms with Crippen molar-refractivity contribution < 1.29 is 9.53 Å². The Hall–Kier alpha value is -2.04. The zero-order valence-electron chi connectivity index (χ0n) is 10.0. The number of benzene rings is 2. The van der Waals surface area contributed by atoms with Gasteiger partial charge in [-0.25, -0.2) is 5.84 Å². The first kappa shape index (κ1) is 13.4. The molecule has 1 amide bonds. The minimum atomic E-state index is -0.842. The lowest BCUT2D eigenvalue weighted by Gasteiger charge is -2.18. The van der Waals surface area contributed by atoms with Crippen LogP contribution in [-0.2, 0) is 4.79 Å². The van der Waals surface area contributed by atoms with Gasteiger partial charge in [0.1, 0.15) is 5.75 Å². The molecule has 0 saturated carbocycles. The summed E-state index contributed by atoms with van der Waals surface area (Å²) in [6.45, 7) is 0. The van der Waals surface area contributed by atoms with Gasteiger partial charge in [0.15, 0.2) is 0 Å². The maximum Gasteiger partial charge on any atom is 0.279 e. The smallest absolute Gasteiger partial charge is 0.279 e. The molecule has 0 heterocycles. The van der Waals surface area contributed by atoms with Crippen LogP contribution in [0.3, 0.4) is 0 Å². The van der Waals surface area contributed by atoms with Gasteiger partial charge >= 0.3 is 0 Å². The fourth-order valence-electron chi connectivity index (χ4n) is 1.64. The fraction of sp³-hybridized carbons (Fsp3) is 0.0714. The largest absolute Gasteiger partial charge is 0.474 e. The Balaban J connectivity index is 2.30. The summed E-state index contributed by atoms with van der Waals surface area (Å²) in [7, 11) is 0. The molecule has 0 aliphatic heterocycles. The van der Waals surface area contributed by atoms with Gasteiger partial charge in [0.25, 0.3) is 5.91 Å². The summed E-state index contributed by atoms with van der Waals surface area (Å²) in [4.78, 5) is 11.8. The van der Waals surface area contributed by atoms with E-state index in [-0.39, 0.29) is 0 Å². The first-order valence-corrected chi connectivity index (χ1v) is 6.06. The summed E-state index contributed by atoms with van der Waals surface area (Å²) < 4.78 is 5.66. The molecule has 0 radical (unpaired) electrons. The van der Waals surface area contributed by atoms with Gasteiger partial charge in [-0.3, -0.25) is 10.2 Å². The van der Waals surface area contributed by atoms with E-state index in [4.69, 9.17) is 22.2 Å². The summed E-state index contributed by atoms with van der Waals surface area (Å²) >= 11 is 6.02. The average molecular weight is 277 g/mol. The second-order valence-electron chi connectivity index (χ2n) is 3.85. The third-order valence-electron chi connectivity index (χ3n) is 2.56. The summed E-state index contributed by atoms with van der Waals surface area (Å²) in [5.41, 5.74) is 2.80. The number of carbonyl (C=O) groups excluding carboxylic acids is 1. The number of halogens is 1. The van der Waals surface area contributed by atoms with Crippen LogP contribution in [0.4, 0.5) is 0 Å². The predicted octanol–water partition coefficient (Wildman–Crippen LogP) is 2.45. The minimum Gasteiger partial charge on any atom is -0.474 e. The maximum atomic E-state index is 11.8. The van der Waals surface area contributed by atoms with Crippen LogP contribution in [0, 0.1) is 0 Å². The van der Waals surface area contributed by atoms with Gasteiger partial charge in [0.05, 0.1) is 5.02 Å². The van der Waals surface area contributed by atoms with Crippen LogP contribution in [-0.4, -0.2) is 5.91 Å². The zero-order chi connectivity index (χ0) is 13.7. The SMILES string of the molecule is NNC(=O)C(Oc1ccccc1Cl)c1ccccc1. The number of rotatable bonds is 4. The molecule has 1 atom stereocenters. The molecule has 2 aromatic carbocycles. The van der Waals surface area contributed by atoms with Crippen molar-refractivity contribution >= 4 is 17.5 Å². The minimum absolute atomic E-state index is 0.432. The van der Waals surface area contributed by atoms with Crippen LogP contribution in [0.15, 0.2) is 54.6 Å². The summed E-state index contributed by atoms with van der Waals surface area (Å²) in [6.07, 6.45) is -0.842. The molecule has 0 aliphatic rings. The average Bonchev–Trinajstić information content (AvgIpc) is 2.46. The molecule has 0 aliphatic carbocycles. The van der Waals surface area contributed by atoms with E-state index in [9.17, 15) is 4.79 Å². The lowest BCUT2D eigenvalue weighted by molar-refractivity contribution is -0.128. The Labute approximate surface area is 116 Å². The van der Waals surface area contributed by atoms with Crippen LogP contribution >= 0.6 is 11.6 Å². The van der Waals surface area contributed by atoms with E-state index in [1.807, 2.05) is 18.2 Å². The molecule has 19 heavy (non-hydrogen) atoms. The second-order valence-corrected chi connectivity index (χ2v) is 4.25. The first-order valence-electron chi connectivity index (χ1n) is 5.69. The molecule has 0 spiro atoms. The number of carbonyl (C=O) groups is 1. The third kappa shape index (κ3) is 3.24. The van der Waals surface area contributed by atoms with Crippen LogP contribution < -0.4 is 16.0 Å². The van der Waals surface area contributed by atoms with Gasteiger partial charge in [0.2, 0.25) is 6.10 Å². The molecule has 0 saturated heterocycles. The first-order chi connectivity index (χ1) is 9.22. The number of hydrazine groups is 1. The number of para-hydroxylation sites is 1. The Morgan fingerprint density at radius 3 is 2.37 bits per heavy atom. The van der Waals surface area contributed by atoms with Crippen molar-refractivity contribution in [3.63, 3.8) is 0 Å². The van der Waals surface area contributed by atoms with Crippen molar-refractivity contribution in [2.75, 3.05) is 0 Å². The van der Waals surface area contributed by atoms with Crippen molar-refractivity contribution in [1.29, 1.82) is 0 Å². The molecule has 0 fully saturated rings. The van der Waals surface area contributed by atoms with E-state index in [1.165, 1.54) is 0 Å². The summed E-state index contributed by atoms with van der Waals surface area (Å²) in [5, 5.41) is 0.438. The molecular formula is C14H13ClN2O2. The Bertz CT molecular complexity index is 560. The van der Waals surface area contributed by atoms with Crippen molar-refractivity contribution in [1.82, 2.24) is 5.43 Å². The fourth-order valence-corrected chi connectivity index (χ4v) is 1.82. The lowest BCUT2D eigenvalue weighted by atomic mass is 10.1. The van der Waals surface area contributed by atoms with E-state index >= 15 is 0 Å². The molecular weight excluding hydrogens is 264 g/mol. The van der Waals surface area contributed by atoms with Gasteiger partial charge < -0.3 is 4.74 Å². The standard InChI is InChI=1S/C14H13ClN2O2/c15-11-8-4-5-9-12(11)19-13(14(18)17-16)10-6-2-1-3-7-10/h1-9,13H,16H2,(H,17,18). The molecule has 2 aromatic rings. The predicted molar refractivity (Wildman–Crippen MR) is 73.6 cm³/mol. The van der Waals surface area contributed by atoms with Crippen LogP contribution in [0.25, 0.3) is 0 Å². The topological polar surface area (TPSA) is 64.3 Å². The molecule has 0 aromatic heterocycles. The van der Waals surface area contributed by atoms with Gasteiger partial charge in [-0.2, -0.15) is 0 Å². The Morgan fingerprint density at radius 1 is 1.11 bits per heavy atom. The van der Waals surface area contributed by atoms with Crippen molar-refractivity contribution in [2.45, 2.75) is 6.10 Å². The lowest BCUT2D eigenvalue weighted by Crippen LogP contribution is -2.37. The zero-order valence-corrected chi connectivity index (χ0v) is 10.8. The monoisotopic (exact) mass is 276 g/mol. The van der Waals surface area contributed by atoms with Gasteiger partial charge in [-0.15, -0.1) is 0 Å². The van der Waals surface area contributed by atoms with Crippen molar-refractivity contribution in [3.05, 3.63) is 65.2 Å². The number of nitrogens with two attached hydrogens (primary N) is 1. The highest BCUT2D eigenvalue weighted by Crippen LogP contribution is 2.28. The van der Waals surface area contributed by atoms with Crippen LogP contribution in [0.1, 0.15) is 11.7 Å². The molecule has 98 valence electrons. The van der Waals surface area contributed by atoms with E-state index in [0.717, 1.165) is 0 Å². The Kier molecular flexibility index (Phi) is 4.39. The van der Waals surface area contributed by atoms with E-state index in [0.29, 0.717) is 16.3 Å². The van der Waals surface area contributed by atoms with Gasteiger partial charge in [-0.05, 0) is 12.1 Å². The van der Waals surface area contributed by atoms with Crippen molar-refractivity contribution in [3.8, 4) is 5.75 Å². The van der Waals surface area contributed by atoms with Gasteiger partial charge in [0, 0.05) is 5.56 Å². The van der Waals surface area contributed by atoms with E-state index in [2.05, 4.69) is 5.43 Å². The number of ether oxygens (including phenoxy) is 1. The molecule has 1 unspecified atom stereocenters. The number of hydrogen-bond donors (Lipinski definition) is 2. The highest BCUT2D eigenvalue weighted by Gasteiger charge is 2.22. The van der Waals surface area contributed by atoms with Crippen molar-refractivity contribution in [2.24, 2.45) is 5.84 Å². The quantitative estimate of drug-likeness (QED) is 0.512. The summed E-state index contributed by atoms with van der Waals surface area (Å²) in [6, 6.07) is 16.0. The molecule has 5 heteroatoms. The Morgan fingerprint density at radius 2 is 1.74 bits per heavy atom. The molecule has 2 rings (SSSR count).